The van der Waals surface area contributed by atoms with Crippen molar-refractivity contribution >= 4 is 0 Å². The zero-order valence-electron chi connectivity index (χ0n) is 13.2. The first kappa shape index (κ1) is 15.0. The van der Waals surface area contributed by atoms with Gasteiger partial charge in [0, 0.05) is 26.7 Å². The summed E-state index contributed by atoms with van der Waals surface area (Å²) in [6, 6.07) is 8.88. The van der Waals surface area contributed by atoms with E-state index in [1.165, 1.54) is 30.4 Å². The molecule has 21 heavy (non-hydrogen) atoms. The first-order chi connectivity index (χ1) is 10.3. The molecule has 1 aromatic rings. The molecule has 116 valence electrons. The number of methoxy groups -OCH3 is 1. The normalized spacial score (nSPS) is 30.7. The molecule has 1 aliphatic heterocycles. The number of fused-ring (bicyclic) bond motifs is 1. The predicted molar refractivity (Wildman–Crippen MR) is 86.5 cm³/mol. The van der Waals surface area contributed by atoms with Gasteiger partial charge in [0.2, 0.25) is 0 Å². The molecule has 2 N–H and O–H groups in total. The second kappa shape index (κ2) is 6.47. The third-order valence-corrected chi connectivity index (χ3v) is 5.61. The fraction of sp³-hybridized carbons (Fsp3) is 0.667. The maximum Gasteiger partial charge on any atom is 0.0767 e. The van der Waals surface area contributed by atoms with Crippen molar-refractivity contribution in [2.45, 2.75) is 50.2 Å². The van der Waals surface area contributed by atoms with E-state index in [0.717, 1.165) is 32.4 Å². The molecular formula is C18H28N2O. The van der Waals surface area contributed by atoms with Crippen LogP contribution in [0.3, 0.4) is 0 Å². The topological polar surface area (TPSA) is 38.5 Å². The van der Waals surface area contributed by atoms with Crippen molar-refractivity contribution in [1.29, 1.82) is 0 Å². The fourth-order valence-corrected chi connectivity index (χ4v) is 4.37. The molecule has 2 atom stereocenters. The molecule has 0 radical (unpaired) electrons. The summed E-state index contributed by atoms with van der Waals surface area (Å²) in [6.07, 6.45) is 7.44. The lowest BCUT2D eigenvalue weighted by molar-refractivity contribution is -0.0741. The van der Waals surface area contributed by atoms with Gasteiger partial charge in [-0.1, -0.05) is 37.1 Å². The van der Waals surface area contributed by atoms with Gasteiger partial charge in [-0.2, -0.15) is 0 Å². The molecule has 1 aliphatic carbocycles. The van der Waals surface area contributed by atoms with Crippen LogP contribution in [0.2, 0.25) is 0 Å². The molecule has 1 saturated carbocycles. The van der Waals surface area contributed by atoms with Crippen LogP contribution in [-0.4, -0.2) is 43.3 Å². The van der Waals surface area contributed by atoms with Crippen molar-refractivity contribution in [2.75, 3.05) is 26.7 Å². The fourth-order valence-electron chi connectivity index (χ4n) is 4.37. The SMILES string of the molecule is COC1CCCCC1(CN)N1CCc2ccccc2CC1. The first-order valence-corrected chi connectivity index (χ1v) is 8.35. The molecule has 0 bridgehead atoms. The van der Waals surface area contributed by atoms with Gasteiger partial charge < -0.3 is 10.5 Å². The van der Waals surface area contributed by atoms with Crippen molar-refractivity contribution in [3.05, 3.63) is 35.4 Å². The van der Waals surface area contributed by atoms with Crippen LogP contribution < -0.4 is 5.73 Å². The molecule has 2 unspecified atom stereocenters. The van der Waals surface area contributed by atoms with E-state index in [2.05, 4.69) is 29.2 Å². The van der Waals surface area contributed by atoms with Crippen molar-refractivity contribution in [2.24, 2.45) is 5.73 Å². The Morgan fingerprint density at radius 3 is 2.43 bits per heavy atom. The summed E-state index contributed by atoms with van der Waals surface area (Å²) in [5.74, 6) is 0. The monoisotopic (exact) mass is 288 g/mol. The molecule has 0 amide bonds. The minimum atomic E-state index is 0.0506. The lowest BCUT2D eigenvalue weighted by Gasteiger charge is -2.50. The lowest BCUT2D eigenvalue weighted by atomic mass is 9.77. The van der Waals surface area contributed by atoms with Gasteiger partial charge in [-0.15, -0.1) is 0 Å². The summed E-state index contributed by atoms with van der Waals surface area (Å²) < 4.78 is 5.85. The smallest absolute Gasteiger partial charge is 0.0767 e. The minimum absolute atomic E-state index is 0.0506. The van der Waals surface area contributed by atoms with Crippen LogP contribution >= 0.6 is 0 Å². The summed E-state index contributed by atoms with van der Waals surface area (Å²) in [4.78, 5) is 2.64. The standard InChI is InChI=1S/C18H28N2O/c1-21-17-8-4-5-11-18(17,14-19)20-12-9-15-6-2-3-7-16(15)10-13-20/h2-3,6-7,17H,4-5,8-14,19H2,1H3. The van der Waals surface area contributed by atoms with Crippen LogP contribution in [0.1, 0.15) is 36.8 Å². The minimum Gasteiger partial charge on any atom is -0.379 e. The maximum absolute atomic E-state index is 6.27. The van der Waals surface area contributed by atoms with Gasteiger partial charge in [-0.25, -0.2) is 0 Å². The van der Waals surface area contributed by atoms with Gasteiger partial charge in [0.15, 0.2) is 0 Å². The summed E-state index contributed by atoms with van der Waals surface area (Å²) >= 11 is 0. The molecule has 0 saturated heterocycles. The Morgan fingerprint density at radius 1 is 1.19 bits per heavy atom. The van der Waals surface area contributed by atoms with Crippen molar-refractivity contribution in [1.82, 2.24) is 4.90 Å². The molecule has 1 aromatic carbocycles. The Hall–Kier alpha value is -0.900. The van der Waals surface area contributed by atoms with E-state index in [-0.39, 0.29) is 11.6 Å². The number of ether oxygens (including phenoxy) is 1. The number of nitrogens with zero attached hydrogens (tertiary/aromatic N) is 1. The van der Waals surface area contributed by atoms with Gasteiger partial charge in [0.1, 0.15) is 0 Å². The van der Waals surface area contributed by atoms with Crippen molar-refractivity contribution < 1.29 is 4.74 Å². The summed E-state index contributed by atoms with van der Waals surface area (Å²) in [5.41, 5.74) is 9.34. The molecule has 3 nitrogen and oxygen atoms in total. The summed E-state index contributed by atoms with van der Waals surface area (Å²) in [5, 5.41) is 0. The lowest BCUT2D eigenvalue weighted by Crippen LogP contribution is -2.63. The highest BCUT2D eigenvalue weighted by atomic mass is 16.5. The average Bonchev–Trinajstić information content (AvgIpc) is 2.77. The molecule has 0 spiro atoms. The van der Waals surface area contributed by atoms with Crippen LogP contribution in [-0.2, 0) is 17.6 Å². The number of hydrogen-bond acceptors (Lipinski definition) is 3. The number of rotatable bonds is 3. The van der Waals surface area contributed by atoms with E-state index in [4.69, 9.17) is 10.5 Å². The predicted octanol–water partition coefficient (Wildman–Crippen LogP) is 2.37. The molecule has 2 aliphatic rings. The van der Waals surface area contributed by atoms with Crippen LogP contribution in [0.4, 0.5) is 0 Å². The zero-order chi connectivity index (χ0) is 14.7. The third-order valence-electron chi connectivity index (χ3n) is 5.61. The van der Waals surface area contributed by atoms with E-state index in [1.54, 1.807) is 0 Å². The molecule has 3 rings (SSSR count). The Balaban J connectivity index is 1.82. The second-order valence-electron chi connectivity index (χ2n) is 6.53. The van der Waals surface area contributed by atoms with Gasteiger partial charge in [0.05, 0.1) is 11.6 Å². The van der Waals surface area contributed by atoms with Crippen molar-refractivity contribution in [3.63, 3.8) is 0 Å². The quantitative estimate of drug-likeness (QED) is 0.928. The molecule has 1 fully saturated rings. The Kier molecular flexibility index (Phi) is 4.63. The highest BCUT2D eigenvalue weighted by Crippen LogP contribution is 2.36. The van der Waals surface area contributed by atoms with E-state index < -0.39 is 0 Å². The molecular weight excluding hydrogens is 260 g/mol. The largest absolute Gasteiger partial charge is 0.379 e. The highest BCUT2D eigenvalue weighted by molar-refractivity contribution is 5.29. The Morgan fingerprint density at radius 2 is 1.86 bits per heavy atom. The Labute approximate surface area is 128 Å². The van der Waals surface area contributed by atoms with E-state index in [0.29, 0.717) is 6.54 Å². The van der Waals surface area contributed by atoms with Gasteiger partial charge in [-0.05, 0) is 36.8 Å². The summed E-state index contributed by atoms with van der Waals surface area (Å²) in [7, 11) is 1.85. The van der Waals surface area contributed by atoms with E-state index in [1.807, 2.05) is 7.11 Å². The van der Waals surface area contributed by atoms with E-state index >= 15 is 0 Å². The molecule has 1 heterocycles. The second-order valence-corrected chi connectivity index (χ2v) is 6.53. The van der Waals surface area contributed by atoms with Crippen molar-refractivity contribution in [3.8, 4) is 0 Å². The summed E-state index contributed by atoms with van der Waals surface area (Å²) in [6.45, 7) is 2.92. The number of nitrogens with two attached hydrogens (primary N) is 1. The molecule has 0 aromatic heterocycles. The van der Waals surface area contributed by atoms with Crippen LogP contribution in [0.15, 0.2) is 24.3 Å². The number of hydrogen-bond donors (Lipinski definition) is 1. The molecule has 3 heteroatoms. The number of benzene rings is 1. The Bertz CT molecular complexity index is 449. The third kappa shape index (κ3) is 2.75. The highest BCUT2D eigenvalue weighted by Gasteiger charge is 2.44. The zero-order valence-corrected chi connectivity index (χ0v) is 13.2. The average molecular weight is 288 g/mol. The van der Waals surface area contributed by atoms with Crippen LogP contribution in [0.5, 0.6) is 0 Å². The van der Waals surface area contributed by atoms with Gasteiger partial charge >= 0.3 is 0 Å². The maximum atomic E-state index is 6.27. The van der Waals surface area contributed by atoms with E-state index in [9.17, 15) is 0 Å². The first-order valence-electron chi connectivity index (χ1n) is 8.35. The van der Waals surface area contributed by atoms with Crippen LogP contribution in [0, 0.1) is 0 Å². The van der Waals surface area contributed by atoms with Gasteiger partial charge in [-0.3, -0.25) is 4.90 Å². The van der Waals surface area contributed by atoms with Crippen LogP contribution in [0.25, 0.3) is 0 Å². The van der Waals surface area contributed by atoms with Gasteiger partial charge in [0.25, 0.3) is 0 Å².